The Balaban J connectivity index is 1.52. The lowest BCUT2D eigenvalue weighted by Crippen LogP contribution is -2.49. The number of amides is 1. The molecular formula is C19H17BrClFN4O2. The largest absolute Gasteiger partial charge is 0.493 e. The number of nitrogens with one attached hydrogen (secondary N) is 1. The number of pyridine rings is 1. The van der Waals surface area contributed by atoms with Gasteiger partial charge in [0.15, 0.2) is 17.4 Å². The van der Waals surface area contributed by atoms with E-state index in [-0.39, 0.29) is 15.9 Å². The number of carbonyl (C=O) groups is 1. The number of aromatic amines is 1. The Morgan fingerprint density at radius 3 is 2.79 bits per heavy atom. The van der Waals surface area contributed by atoms with Crippen molar-refractivity contribution in [3.05, 3.63) is 51.5 Å². The highest BCUT2D eigenvalue weighted by atomic mass is 79.9. The fourth-order valence-corrected chi connectivity index (χ4v) is 4.19. The van der Waals surface area contributed by atoms with Crippen molar-refractivity contribution in [1.82, 2.24) is 14.9 Å². The van der Waals surface area contributed by atoms with Gasteiger partial charge in [0.25, 0.3) is 5.91 Å². The number of carbonyl (C=O) groups excluding carboxylic acids is 1. The minimum atomic E-state index is -0.467. The molecule has 28 heavy (non-hydrogen) atoms. The van der Waals surface area contributed by atoms with Crippen molar-refractivity contribution < 1.29 is 13.9 Å². The first-order chi connectivity index (χ1) is 13.5. The van der Waals surface area contributed by atoms with Gasteiger partial charge in [-0.3, -0.25) is 4.79 Å². The third kappa shape index (κ3) is 3.31. The summed E-state index contributed by atoms with van der Waals surface area (Å²) in [5.41, 5.74) is 0.539. The molecule has 1 aliphatic rings. The summed E-state index contributed by atoms with van der Waals surface area (Å²) in [4.78, 5) is 24.0. The van der Waals surface area contributed by atoms with Gasteiger partial charge in [0.05, 0.1) is 22.1 Å². The quantitative estimate of drug-likeness (QED) is 0.590. The fourth-order valence-electron chi connectivity index (χ4n) is 3.37. The van der Waals surface area contributed by atoms with Gasteiger partial charge < -0.3 is 19.5 Å². The molecule has 0 saturated carbocycles. The number of ether oxygens (including phenoxy) is 1. The minimum absolute atomic E-state index is 0.185. The van der Waals surface area contributed by atoms with Gasteiger partial charge in [0, 0.05) is 37.8 Å². The molecule has 0 atom stereocenters. The molecule has 2 aromatic heterocycles. The maximum absolute atomic E-state index is 14.3. The topological polar surface area (TPSA) is 61.5 Å². The second kappa shape index (κ2) is 7.60. The molecule has 1 amide bonds. The van der Waals surface area contributed by atoms with Crippen molar-refractivity contribution >= 4 is 50.2 Å². The van der Waals surface area contributed by atoms with E-state index in [9.17, 15) is 9.18 Å². The van der Waals surface area contributed by atoms with Crippen molar-refractivity contribution in [2.45, 2.75) is 0 Å². The van der Waals surface area contributed by atoms with Crippen LogP contribution in [0, 0.1) is 5.82 Å². The Hall–Kier alpha value is -2.32. The second-order valence-electron chi connectivity index (χ2n) is 6.43. The predicted octanol–water partition coefficient (Wildman–Crippen LogP) is 4.09. The minimum Gasteiger partial charge on any atom is -0.493 e. The highest BCUT2D eigenvalue weighted by Crippen LogP contribution is 2.32. The number of aromatic nitrogens is 2. The van der Waals surface area contributed by atoms with Gasteiger partial charge in [-0.2, -0.15) is 0 Å². The van der Waals surface area contributed by atoms with Crippen molar-refractivity contribution in [3.63, 3.8) is 0 Å². The first-order valence-corrected chi connectivity index (χ1v) is 9.86. The Morgan fingerprint density at radius 1 is 1.32 bits per heavy atom. The van der Waals surface area contributed by atoms with Gasteiger partial charge in [-0.05, 0) is 40.2 Å². The Morgan fingerprint density at radius 2 is 2.07 bits per heavy atom. The normalized spacial score (nSPS) is 14.6. The zero-order valence-corrected chi connectivity index (χ0v) is 17.3. The van der Waals surface area contributed by atoms with E-state index in [1.165, 1.54) is 6.07 Å². The van der Waals surface area contributed by atoms with Crippen LogP contribution in [0.2, 0.25) is 5.02 Å². The molecule has 4 rings (SSSR count). The van der Waals surface area contributed by atoms with E-state index in [2.05, 4.69) is 30.8 Å². The molecule has 0 aliphatic carbocycles. The van der Waals surface area contributed by atoms with E-state index in [4.69, 9.17) is 16.3 Å². The van der Waals surface area contributed by atoms with Crippen LogP contribution in [-0.2, 0) is 0 Å². The Kier molecular flexibility index (Phi) is 5.16. The summed E-state index contributed by atoms with van der Waals surface area (Å²) in [6.45, 7) is 2.29. The van der Waals surface area contributed by atoms with E-state index in [0.717, 1.165) is 5.82 Å². The monoisotopic (exact) mass is 466 g/mol. The molecule has 9 heteroatoms. The molecule has 1 aromatic carbocycles. The summed E-state index contributed by atoms with van der Waals surface area (Å²) in [7, 11) is 1.61. The van der Waals surface area contributed by atoms with Gasteiger partial charge in [-0.15, -0.1) is 0 Å². The third-order valence-corrected chi connectivity index (χ3v) is 5.71. The first kappa shape index (κ1) is 19.0. The number of fused-ring (bicyclic) bond motifs is 1. The molecule has 6 nitrogen and oxygen atoms in total. The Bertz CT molecular complexity index is 1050. The van der Waals surface area contributed by atoms with E-state index in [0.29, 0.717) is 48.0 Å². The van der Waals surface area contributed by atoms with Gasteiger partial charge in [0.1, 0.15) is 5.69 Å². The zero-order chi connectivity index (χ0) is 19.8. The van der Waals surface area contributed by atoms with Gasteiger partial charge in [0.2, 0.25) is 0 Å². The second-order valence-corrected chi connectivity index (χ2v) is 7.70. The summed E-state index contributed by atoms with van der Waals surface area (Å²) in [6, 6.07) is 6.77. The van der Waals surface area contributed by atoms with Gasteiger partial charge in [-0.25, -0.2) is 9.37 Å². The van der Waals surface area contributed by atoms with Crippen LogP contribution in [-0.4, -0.2) is 54.1 Å². The van der Waals surface area contributed by atoms with E-state index in [1.807, 2.05) is 12.1 Å². The van der Waals surface area contributed by atoms with E-state index < -0.39 is 5.82 Å². The third-order valence-electron chi connectivity index (χ3n) is 4.83. The summed E-state index contributed by atoms with van der Waals surface area (Å²) in [5.74, 6) is 0.816. The molecular weight excluding hydrogens is 451 g/mol. The number of piperazine rings is 1. The number of anilines is 1. The van der Waals surface area contributed by atoms with Crippen LogP contribution < -0.4 is 9.64 Å². The lowest BCUT2D eigenvalue weighted by Gasteiger charge is -2.35. The maximum Gasteiger partial charge on any atom is 0.270 e. The summed E-state index contributed by atoms with van der Waals surface area (Å²) >= 11 is 9.32. The molecule has 0 radical (unpaired) electrons. The molecule has 1 aliphatic heterocycles. The van der Waals surface area contributed by atoms with E-state index >= 15 is 0 Å². The highest BCUT2D eigenvalue weighted by molar-refractivity contribution is 9.10. The Labute approximate surface area is 174 Å². The number of halogens is 3. The number of hydrogen-bond donors (Lipinski definition) is 1. The first-order valence-electron chi connectivity index (χ1n) is 8.69. The number of rotatable bonds is 3. The number of nitrogens with zero attached hydrogens (tertiary/aromatic N) is 3. The molecule has 0 spiro atoms. The molecule has 1 saturated heterocycles. The number of H-pyrrole nitrogens is 1. The lowest BCUT2D eigenvalue weighted by atomic mass is 10.2. The number of methoxy groups -OCH3 is 1. The standard InChI is InChI=1S/C19H17BrClFN4O2/c1-28-15-3-2-4-23-18(15)25-5-7-26(8-6-25)19(27)14-9-11-13(21)10-12(20)16(22)17(11)24-14/h2-4,9-10,24H,5-8H2,1H3. The molecule has 3 heterocycles. The van der Waals surface area contributed by atoms with Gasteiger partial charge in [-0.1, -0.05) is 11.6 Å². The average Bonchev–Trinajstić information content (AvgIpc) is 3.18. The molecule has 1 fully saturated rings. The zero-order valence-electron chi connectivity index (χ0n) is 15.0. The van der Waals surface area contributed by atoms with Crippen molar-refractivity contribution in [2.75, 3.05) is 38.2 Å². The predicted molar refractivity (Wildman–Crippen MR) is 110 cm³/mol. The van der Waals surface area contributed by atoms with Crippen LogP contribution in [0.5, 0.6) is 5.75 Å². The average molecular weight is 468 g/mol. The molecule has 0 bridgehead atoms. The summed E-state index contributed by atoms with van der Waals surface area (Å²) < 4.78 is 19.9. The van der Waals surface area contributed by atoms with Crippen LogP contribution in [0.25, 0.3) is 10.9 Å². The SMILES string of the molecule is COc1cccnc1N1CCN(C(=O)c2cc3c(Cl)cc(Br)c(F)c3[nH]2)CC1. The highest BCUT2D eigenvalue weighted by Gasteiger charge is 2.26. The van der Waals surface area contributed by atoms with Crippen LogP contribution in [0.15, 0.2) is 34.9 Å². The molecule has 0 unspecified atom stereocenters. The van der Waals surface area contributed by atoms with Crippen molar-refractivity contribution in [1.29, 1.82) is 0 Å². The number of hydrogen-bond acceptors (Lipinski definition) is 4. The van der Waals surface area contributed by atoms with Crippen molar-refractivity contribution in [3.8, 4) is 5.75 Å². The smallest absolute Gasteiger partial charge is 0.270 e. The molecule has 1 N–H and O–H groups in total. The summed E-state index contributed by atoms with van der Waals surface area (Å²) in [5, 5.41) is 0.869. The van der Waals surface area contributed by atoms with Gasteiger partial charge >= 0.3 is 0 Å². The summed E-state index contributed by atoms with van der Waals surface area (Å²) in [6.07, 6.45) is 1.72. The van der Waals surface area contributed by atoms with Crippen LogP contribution in [0.1, 0.15) is 10.5 Å². The maximum atomic E-state index is 14.3. The van der Waals surface area contributed by atoms with E-state index in [1.54, 1.807) is 24.3 Å². The van der Waals surface area contributed by atoms with Crippen LogP contribution >= 0.6 is 27.5 Å². The van der Waals surface area contributed by atoms with Crippen molar-refractivity contribution in [2.24, 2.45) is 0 Å². The van der Waals surface area contributed by atoms with Crippen LogP contribution in [0.4, 0.5) is 10.2 Å². The molecule has 3 aromatic rings. The lowest BCUT2D eigenvalue weighted by molar-refractivity contribution is 0.0741. The molecule has 146 valence electrons. The van der Waals surface area contributed by atoms with Crippen LogP contribution in [0.3, 0.4) is 0 Å². The fraction of sp³-hybridized carbons (Fsp3) is 0.263. The number of benzene rings is 1.